The maximum Gasteiger partial charge on any atom is 0.426 e. The third-order valence-electron chi connectivity index (χ3n) is 5.18. The highest BCUT2D eigenvalue weighted by atomic mass is 35.5. The standard InChI is InChI=1S/C26H15ClF6O/c1-14-2-4-16(5-3-14)20-11-10-19(23(27)24(20)30)15-6-8-17(9-7-15)26(32,33)34-18-12-21(28)25(31)22(29)13-18/h2-13H,1H3. The molecule has 4 aromatic rings. The van der Waals surface area contributed by atoms with E-state index in [1.165, 1.54) is 12.1 Å². The lowest BCUT2D eigenvalue weighted by Gasteiger charge is -2.19. The van der Waals surface area contributed by atoms with Crippen LogP contribution in [0.4, 0.5) is 26.3 Å². The molecule has 0 bridgehead atoms. The molecule has 0 aromatic heterocycles. The van der Waals surface area contributed by atoms with Crippen LogP contribution in [0.3, 0.4) is 0 Å². The van der Waals surface area contributed by atoms with Crippen LogP contribution < -0.4 is 4.74 Å². The Morgan fingerprint density at radius 1 is 0.676 bits per heavy atom. The molecule has 0 saturated heterocycles. The largest absolute Gasteiger partial charge is 0.429 e. The summed E-state index contributed by atoms with van der Waals surface area (Å²) in [6.07, 6.45) is -3.99. The van der Waals surface area contributed by atoms with Gasteiger partial charge in [-0.25, -0.2) is 17.6 Å². The van der Waals surface area contributed by atoms with Gasteiger partial charge in [0.15, 0.2) is 17.5 Å². The zero-order valence-electron chi connectivity index (χ0n) is 17.5. The summed E-state index contributed by atoms with van der Waals surface area (Å²) >= 11 is 6.24. The summed E-state index contributed by atoms with van der Waals surface area (Å²) in [6.45, 7) is 1.91. The predicted molar refractivity (Wildman–Crippen MR) is 118 cm³/mol. The maximum absolute atomic E-state index is 15.0. The molecule has 0 aliphatic heterocycles. The Hall–Kier alpha value is -3.45. The van der Waals surface area contributed by atoms with Crippen LogP contribution in [0.1, 0.15) is 11.1 Å². The highest BCUT2D eigenvalue weighted by molar-refractivity contribution is 6.33. The minimum atomic E-state index is -3.99. The van der Waals surface area contributed by atoms with Crippen LogP contribution in [-0.4, -0.2) is 0 Å². The third kappa shape index (κ3) is 4.61. The molecule has 0 saturated carbocycles. The summed E-state index contributed by atoms with van der Waals surface area (Å²) in [5.74, 6) is -6.65. The Morgan fingerprint density at radius 2 is 1.18 bits per heavy atom. The van der Waals surface area contributed by atoms with Crippen molar-refractivity contribution in [2.24, 2.45) is 0 Å². The van der Waals surface area contributed by atoms with Crippen LogP contribution >= 0.6 is 11.6 Å². The van der Waals surface area contributed by atoms with Crippen molar-refractivity contribution in [1.82, 2.24) is 0 Å². The molecule has 0 aliphatic carbocycles. The third-order valence-corrected chi connectivity index (χ3v) is 5.55. The lowest BCUT2D eigenvalue weighted by atomic mass is 9.98. The number of alkyl halides is 2. The van der Waals surface area contributed by atoms with E-state index in [9.17, 15) is 26.3 Å². The Kier molecular flexibility index (Phi) is 6.32. The van der Waals surface area contributed by atoms with Crippen LogP contribution in [0, 0.1) is 30.2 Å². The molecule has 0 spiro atoms. The lowest BCUT2D eigenvalue weighted by Crippen LogP contribution is -2.22. The molecule has 0 aliphatic rings. The lowest BCUT2D eigenvalue weighted by molar-refractivity contribution is -0.185. The van der Waals surface area contributed by atoms with E-state index in [0.717, 1.165) is 17.7 Å². The van der Waals surface area contributed by atoms with E-state index >= 15 is 0 Å². The maximum atomic E-state index is 15.0. The van der Waals surface area contributed by atoms with Gasteiger partial charge in [-0.15, -0.1) is 0 Å². The van der Waals surface area contributed by atoms with Gasteiger partial charge in [-0.3, -0.25) is 0 Å². The van der Waals surface area contributed by atoms with Crippen LogP contribution in [-0.2, 0) is 6.11 Å². The van der Waals surface area contributed by atoms with E-state index in [1.807, 2.05) is 19.1 Å². The first-order chi connectivity index (χ1) is 16.1. The summed E-state index contributed by atoms with van der Waals surface area (Å²) in [5, 5.41) is -0.175. The fraction of sp³-hybridized carbons (Fsp3) is 0.0769. The quantitative estimate of drug-likeness (QED) is 0.200. The minimum absolute atomic E-state index is 0.175. The summed E-state index contributed by atoms with van der Waals surface area (Å²) < 4.78 is 88.0. The molecule has 4 rings (SSSR count). The summed E-state index contributed by atoms with van der Waals surface area (Å²) in [4.78, 5) is 0. The van der Waals surface area contributed by atoms with E-state index in [2.05, 4.69) is 4.74 Å². The molecule has 34 heavy (non-hydrogen) atoms. The number of hydrogen-bond acceptors (Lipinski definition) is 1. The second-order valence-corrected chi connectivity index (χ2v) is 7.93. The molecule has 0 fully saturated rings. The van der Waals surface area contributed by atoms with E-state index in [0.29, 0.717) is 28.8 Å². The second-order valence-electron chi connectivity index (χ2n) is 7.55. The smallest absolute Gasteiger partial charge is 0.426 e. The van der Waals surface area contributed by atoms with Crippen molar-refractivity contribution in [3.63, 3.8) is 0 Å². The predicted octanol–water partition coefficient (Wildman–Crippen LogP) is 8.67. The second kappa shape index (κ2) is 9.06. The zero-order chi connectivity index (χ0) is 24.6. The van der Waals surface area contributed by atoms with E-state index in [4.69, 9.17) is 11.6 Å². The van der Waals surface area contributed by atoms with Gasteiger partial charge >= 0.3 is 6.11 Å². The van der Waals surface area contributed by atoms with Gasteiger partial charge in [0.05, 0.1) is 10.6 Å². The molecule has 0 unspecified atom stereocenters. The van der Waals surface area contributed by atoms with Crippen LogP contribution in [0.25, 0.3) is 22.3 Å². The molecule has 0 radical (unpaired) electrons. The van der Waals surface area contributed by atoms with Gasteiger partial charge < -0.3 is 4.74 Å². The number of halogens is 7. The first-order valence-corrected chi connectivity index (χ1v) is 10.3. The number of rotatable bonds is 5. The topological polar surface area (TPSA) is 9.23 Å². The highest BCUT2D eigenvalue weighted by Gasteiger charge is 2.35. The Balaban J connectivity index is 1.61. The summed E-state index contributed by atoms with van der Waals surface area (Å²) in [5.41, 5.74) is 1.95. The van der Waals surface area contributed by atoms with E-state index in [1.54, 1.807) is 24.3 Å². The average Bonchev–Trinajstić information content (AvgIpc) is 2.80. The molecule has 174 valence electrons. The van der Waals surface area contributed by atoms with E-state index < -0.39 is 40.7 Å². The molecule has 0 amide bonds. The van der Waals surface area contributed by atoms with Crippen molar-refractivity contribution in [3.8, 4) is 28.0 Å². The van der Waals surface area contributed by atoms with Crippen molar-refractivity contribution in [1.29, 1.82) is 0 Å². The number of benzene rings is 4. The Labute approximate surface area is 196 Å². The zero-order valence-corrected chi connectivity index (χ0v) is 18.2. The highest BCUT2D eigenvalue weighted by Crippen LogP contribution is 2.38. The fourth-order valence-electron chi connectivity index (χ4n) is 3.37. The van der Waals surface area contributed by atoms with Crippen molar-refractivity contribution >= 4 is 11.6 Å². The number of ether oxygens (including phenoxy) is 1. The van der Waals surface area contributed by atoms with Gasteiger partial charge in [0.2, 0.25) is 0 Å². The Bertz CT molecular complexity index is 1330. The van der Waals surface area contributed by atoms with Gasteiger partial charge in [0, 0.05) is 23.3 Å². The van der Waals surface area contributed by atoms with Crippen molar-refractivity contribution in [2.45, 2.75) is 13.0 Å². The van der Waals surface area contributed by atoms with Crippen molar-refractivity contribution in [3.05, 3.63) is 112 Å². The average molecular weight is 493 g/mol. The minimum Gasteiger partial charge on any atom is -0.429 e. The number of hydrogen-bond donors (Lipinski definition) is 0. The Morgan fingerprint density at radius 3 is 1.76 bits per heavy atom. The fourth-order valence-corrected chi connectivity index (χ4v) is 3.64. The normalized spacial score (nSPS) is 11.5. The molecule has 0 heterocycles. The van der Waals surface area contributed by atoms with Gasteiger partial charge in [0.1, 0.15) is 11.6 Å². The van der Waals surface area contributed by atoms with Gasteiger partial charge in [0.25, 0.3) is 0 Å². The van der Waals surface area contributed by atoms with Gasteiger partial charge in [-0.2, -0.15) is 8.78 Å². The van der Waals surface area contributed by atoms with Crippen molar-refractivity contribution < 1.29 is 31.1 Å². The molecular formula is C26H15ClF6O. The first-order valence-electron chi connectivity index (χ1n) is 9.94. The van der Waals surface area contributed by atoms with Gasteiger partial charge in [-0.05, 0) is 30.2 Å². The molecule has 0 N–H and O–H groups in total. The van der Waals surface area contributed by atoms with E-state index in [-0.39, 0.29) is 10.6 Å². The monoisotopic (exact) mass is 492 g/mol. The molecular weight excluding hydrogens is 478 g/mol. The molecule has 1 nitrogen and oxygen atoms in total. The summed E-state index contributed by atoms with van der Waals surface area (Å²) in [7, 11) is 0. The van der Waals surface area contributed by atoms with Crippen molar-refractivity contribution in [2.75, 3.05) is 0 Å². The SMILES string of the molecule is Cc1ccc(-c2ccc(-c3ccc(C(F)(F)Oc4cc(F)c(F)c(F)c4)cc3)c(Cl)c2F)cc1. The van der Waals surface area contributed by atoms with Crippen LogP contribution in [0.2, 0.25) is 5.02 Å². The molecule has 8 heteroatoms. The molecule has 0 atom stereocenters. The van der Waals surface area contributed by atoms with Crippen LogP contribution in [0.15, 0.2) is 72.8 Å². The molecule has 4 aromatic carbocycles. The number of aryl methyl sites for hydroxylation is 1. The van der Waals surface area contributed by atoms with Gasteiger partial charge in [-0.1, -0.05) is 65.7 Å². The summed E-state index contributed by atoms with van der Waals surface area (Å²) in [6, 6.07) is 15.5. The van der Waals surface area contributed by atoms with Crippen LogP contribution in [0.5, 0.6) is 5.75 Å². The first kappa shape index (κ1) is 23.7.